The van der Waals surface area contributed by atoms with Crippen molar-refractivity contribution in [2.75, 3.05) is 25.9 Å². The molecule has 24 heavy (non-hydrogen) atoms. The molecule has 1 fully saturated rings. The molecule has 6 nitrogen and oxygen atoms in total. The van der Waals surface area contributed by atoms with Crippen LogP contribution in [-0.2, 0) is 19.9 Å². The van der Waals surface area contributed by atoms with Gasteiger partial charge >= 0.3 is 0 Å². The molecule has 1 heterocycles. The summed E-state index contributed by atoms with van der Waals surface area (Å²) in [7, 11) is -7.18. The van der Waals surface area contributed by atoms with Crippen LogP contribution in [-0.4, -0.2) is 53.7 Å². The molecule has 136 valence electrons. The van der Waals surface area contributed by atoms with Crippen LogP contribution in [0.3, 0.4) is 0 Å². The summed E-state index contributed by atoms with van der Waals surface area (Å²) >= 11 is 0. The van der Waals surface area contributed by atoms with E-state index < -0.39 is 19.9 Å². The van der Waals surface area contributed by atoms with Gasteiger partial charge in [-0.1, -0.05) is 13.0 Å². The number of hydrogen-bond acceptors (Lipinski definition) is 5. The number of sulfonamides is 1. The molecular formula is C16H26N2O4S2. The van der Waals surface area contributed by atoms with E-state index in [1.54, 1.807) is 6.92 Å². The normalized spacial score (nSPS) is 18.0. The van der Waals surface area contributed by atoms with Gasteiger partial charge in [0.05, 0.1) is 9.79 Å². The van der Waals surface area contributed by atoms with Crippen molar-refractivity contribution in [1.29, 1.82) is 0 Å². The minimum atomic E-state index is -3.74. The largest absolute Gasteiger partial charge is 0.303 e. The van der Waals surface area contributed by atoms with Gasteiger partial charge in [0.15, 0.2) is 9.84 Å². The summed E-state index contributed by atoms with van der Waals surface area (Å²) < 4.78 is 51.5. The van der Waals surface area contributed by atoms with Crippen molar-refractivity contribution in [3.63, 3.8) is 0 Å². The van der Waals surface area contributed by atoms with E-state index in [9.17, 15) is 16.8 Å². The zero-order chi connectivity index (χ0) is 18.0. The van der Waals surface area contributed by atoms with Gasteiger partial charge in [-0.05, 0) is 63.5 Å². The van der Waals surface area contributed by atoms with Crippen molar-refractivity contribution in [3.8, 4) is 0 Å². The first kappa shape index (κ1) is 19.4. The second kappa shape index (κ2) is 7.51. The van der Waals surface area contributed by atoms with Crippen LogP contribution in [0.25, 0.3) is 0 Å². The highest BCUT2D eigenvalue weighted by Crippen LogP contribution is 2.21. The quantitative estimate of drug-likeness (QED) is 0.817. The molecule has 0 bridgehead atoms. The van der Waals surface area contributed by atoms with Gasteiger partial charge in [0.2, 0.25) is 10.0 Å². The Morgan fingerprint density at radius 1 is 1.17 bits per heavy atom. The second-order valence-corrected chi connectivity index (χ2v) is 10.1. The first-order valence-electron chi connectivity index (χ1n) is 8.19. The van der Waals surface area contributed by atoms with Crippen LogP contribution in [0.4, 0.5) is 0 Å². The molecule has 0 saturated carbocycles. The summed E-state index contributed by atoms with van der Waals surface area (Å²) in [6.07, 6.45) is 3.70. The topological polar surface area (TPSA) is 83.6 Å². The van der Waals surface area contributed by atoms with Crippen LogP contribution in [0.5, 0.6) is 0 Å². The summed E-state index contributed by atoms with van der Waals surface area (Å²) in [6.45, 7) is 6.60. The summed E-state index contributed by atoms with van der Waals surface area (Å²) in [4.78, 5) is 2.40. The summed E-state index contributed by atoms with van der Waals surface area (Å²) in [5, 5.41) is 0. The molecule has 1 aromatic carbocycles. The molecule has 0 spiro atoms. The van der Waals surface area contributed by atoms with Crippen molar-refractivity contribution >= 4 is 19.9 Å². The lowest BCUT2D eigenvalue weighted by molar-refractivity contribution is 0.208. The van der Waals surface area contributed by atoms with Gasteiger partial charge in [0.1, 0.15) is 0 Å². The Kier molecular flexibility index (Phi) is 6.06. The van der Waals surface area contributed by atoms with E-state index in [-0.39, 0.29) is 15.8 Å². The highest BCUT2D eigenvalue weighted by molar-refractivity contribution is 7.91. The average Bonchev–Trinajstić information content (AvgIpc) is 2.48. The third kappa shape index (κ3) is 4.78. The third-order valence-electron chi connectivity index (χ3n) is 4.33. The van der Waals surface area contributed by atoms with Gasteiger partial charge in [0, 0.05) is 12.3 Å². The van der Waals surface area contributed by atoms with Gasteiger partial charge < -0.3 is 4.90 Å². The van der Waals surface area contributed by atoms with Crippen LogP contribution in [0.1, 0.15) is 31.7 Å². The molecule has 1 aliphatic heterocycles. The molecule has 1 aromatic rings. The fourth-order valence-electron chi connectivity index (χ4n) is 2.97. The van der Waals surface area contributed by atoms with Crippen LogP contribution in [0.2, 0.25) is 0 Å². The first-order valence-corrected chi connectivity index (χ1v) is 11.6. The molecule has 1 N–H and O–H groups in total. The molecule has 2 rings (SSSR count). The van der Waals surface area contributed by atoms with E-state index >= 15 is 0 Å². The highest BCUT2D eigenvalue weighted by Gasteiger charge is 2.26. The number of rotatable bonds is 6. The Morgan fingerprint density at radius 2 is 1.79 bits per heavy atom. The maximum Gasteiger partial charge on any atom is 0.241 e. The van der Waals surface area contributed by atoms with Gasteiger partial charge in [0.25, 0.3) is 0 Å². The standard InChI is InChI=1S/C16H26N2O4S2/c1-4-9-18-10-7-14(8-11-18)17-24(21,22)16-12-15(23(3,19)20)6-5-13(16)2/h5-6,12,14,17H,4,7-11H2,1-3H3. The molecule has 0 radical (unpaired) electrons. The molecule has 8 heteroatoms. The number of aryl methyl sites for hydroxylation is 1. The minimum absolute atomic E-state index is 0.0197. The molecule has 0 atom stereocenters. The zero-order valence-electron chi connectivity index (χ0n) is 14.4. The number of nitrogens with zero attached hydrogens (tertiary/aromatic N) is 1. The first-order chi connectivity index (χ1) is 11.1. The van der Waals surface area contributed by atoms with Crippen LogP contribution in [0.15, 0.2) is 28.0 Å². The van der Waals surface area contributed by atoms with E-state index in [2.05, 4.69) is 16.5 Å². The van der Waals surface area contributed by atoms with E-state index in [0.717, 1.165) is 45.2 Å². The number of benzene rings is 1. The highest BCUT2D eigenvalue weighted by atomic mass is 32.2. The average molecular weight is 375 g/mol. The lowest BCUT2D eigenvalue weighted by atomic mass is 10.1. The monoisotopic (exact) mass is 374 g/mol. The van der Waals surface area contributed by atoms with E-state index in [1.165, 1.54) is 18.2 Å². The smallest absolute Gasteiger partial charge is 0.241 e. The SMILES string of the molecule is CCCN1CCC(NS(=O)(=O)c2cc(S(C)(=O)=O)ccc2C)CC1. The molecule has 0 unspecified atom stereocenters. The maximum absolute atomic E-state index is 12.7. The van der Waals surface area contributed by atoms with Crippen LogP contribution in [0, 0.1) is 6.92 Å². The van der Waals surface area contributed by atoms with E-state index in [0.29, 0.717) is 5.56 Å². The van der Waals surface area contributed by atoms with Gasteiger partial charge in [-0.2, -0.15) is 0 Å². The molecule has 1 saturated heterocycles. The molecular weight excluding hydrogens is 348 g/mol. The lowest BCUT2D eigenvalue weighted by Crippen LogP contribution is -2.44. The Labute approximate surface area is 145 Å². The second-order valence-electron chi connectivity index (χ2n) is 6.44. The Hall–Kier alpha value is -0.960. The van der Waals surface area contributed by atoms with Crippen molar-refractivity contribution in [3.05, 3.63) is 23.8 Å². The summed E-state index contributed by atoms with van der Waals surface area (Å²) in [5.74, 6) is 0. The summed E-state index contributed by atoms with van der Waals surface area (Å²) in [5.41, 5.74) is 0.540. The van der Waals surface area contributed by atoms with Gasteiger partial charge in [-0.15, -0.1) is 0 Å². The summed E-state index contributed by atoms with van der Waals surface area (Å²) in [6, 6.07) is 4.12. The number of likely N-dealkylation sites (tertiary alicyclic amines) is 1. The van der Waals surface area contributed by atoms with E-state index in [1.807, 2.05) is 0 Å². The Bertz CT molecular complexity index is 780. The fraction of sp³-hybridized carbons (Fsp3) is 0.625. The predicted octanol–water partition coefficient (Wildman–Crippen LogP) is 1.55. The number of nitrogens with one attached hydrogen (secondary N) is 1. The fourth-order valence-corrected chi connectivity index (χ4v) is 5.27. The molecule has 0 amide bonds. The van der Waals surface area contributed by atoms with E-state index in [4.69, 9.17) is 0 Å². The molecule has 1 aliphatic rings. The zero-order valence-corrected chi connectivity index (χ0v) is 16.1. The number of sulfone groups is 1. The van der Waals surface area contributed by atoms with Crippen molar-refractivity contribution < 1.29 is 16.8 Å². The number of hydrogen-bond donors (Lipinski definition) is 1. The number of piperidine rings is 1. The van der Waals surface area contributed by atoms with Crippen LogP contribution < -0.4 is 4.72 Å². The van der Waals surface area contributed by atoms with Crippen molar-refractivity contribution in [1.82, 2.24) is 9.62 Å². The lowest BCUT2D eigenvalue weighted by Gasteiger charge is -2.32. The maximum atomic E-state index is 12.7. The van der Waals surface area contributed by atoms with Crippen molar-refractivity contribution in [2.24, 2.45) is 0 Å². The molecule has 0 aliphatic carbocycles. The van der Waals surface area contributed by atoms with Crippen molar-refractivity contribution in [2.45, 2.75) is 48.9 Å². The van der Waals surface area contributed by atoms with Gasteiger partial charge in [-0.25, -0.2) is 21.6 Å². The Balaban J connectivity index is 2.17. The third-order valence-corrected chi connectivity index (χ3v) is 7.10. The van der Waals surface area contributed by atoms with Gasteiger partial charge in [-0.3, -0.25) is 0 Å². The Morgan fingerprint density at radius 3 is 2.33 bits per heavy atom. The minimum Gasteiger partial charge on any atom is -0.303 e. The molecule has 0 aromatic heterocycles. The predicted molar refractivity (Wildman–Crippen MR) is 94.4 cm³/mol. The van der Waals surface area contributed by atoms with Crippen LogP contribution >= 0.6 is 0 Å².